The molecule has 134 valence electrons. The number of imidazole rings is 1. The Morgan fingerprint density at radius 1 is 1.15 bits per heavy atom. The molecule has 4 aromatic rings. The molecule has 27 heavy (non-hydrogen) atoms. The number of nitrogens with zero attached hydrogens (tertiary/aromatic N) is 3. The minimum atomic E-state index is -0.475. The maximum Gasteiger partial charge on any atom is 0.269 e. The first-order chi connectivity index (χ1) is 13.1. The zero-order valence-corrected chi connectivity index (χ0v) is 14.8. The maximum absolute atomic E-state index is 12.3. The summed E-state index contributed by atoms with van der Waals surface area (Å²) < 4.78 is 1.92. The first-order valence-electron chi connectivity index (χ1n) is 8.15. The summed E-state index contributed by atoms with van der Waals surface area (Å²) >= 11 is 1.48. The van der Waals surface area contributed by atoms with E-state index in [0.717, 1.165) is 21.9 Å². The van der Waals surface area contributed by atoms with E-state index in [1.165, 1.54) is 35.6 Å². The lowest BCUT2D eigenvalue weighted by atomic mass is 10.2. The normalized spacial score (nSPS) is 10.8. The minimum Gasteiger partial charge on any atom is -0.326 e. The summed E-state index contributed by atoms with van der Waals surface area (Å²) in [5.41, 5.74) is 3.23. The SMILES string of the molecule is O=C(Cc1csc2nc(-c3ccccc3)cn12)Nc1ccc([N+](=O)[O-])cc1. The molecule has 0 aliphatic rings. The Morgan fingerprint density at radius 3 is 2.59 bits per heavy atom. The molecule has 7 nitrogen and oxygen atoms in total. The molecule has 0 aliphatic heterocycles. The van der Waals surface area contributed by atoms with Crippen LogP contribution >= 0.6 is 11.3 Å². The van der Waals surface area contributed by atoms with Crippen LogP contribution in [-0.2, 0) is 11.2 Å². The molecule has 0 bridgehead atoms. The van der Waals surface area contributed by atoms with Crippen molar-refractivity contribution in [3.8, 4) is 11.3 Å². The van der Waals surface area contributed by atoms with E-state index in [1.54, 1.807) is 0 Å². The van der Waals surface area contributed by atoms with Gasteiger partial charge in [0, 0.05) is 40.7 Å². The number of rotatable bonds is 5. The van der Waals surface area contributed by atoms with Gasteiger partial charge in [-0.25, -0.2) is 4.98 Å². The number of benzene rings is 2. The number of nitrogens with one attached hydrogen (secondary N) is 1. The summed E-state index contributed by atoms with van der Waals surface area (Å²) in [6, 6.07) is 15.6. The number of anilines is 1. The fraction of sp³-hybridized carbons (Fsp3) is 0.0526. The number of aromatic nitrogens is 2. The smallest absolute Gasteiger partial charge is 0.269 e. The van der Waals surface area contributed by atoms with Crippen LogP contribution in [0.2, 0.25) is 0 Å². The maximum atomic E-state index is 12.3. The van der Waals surface area contributed by atoms with Gasteiger partial charge in [-0.15, -0.1) is 11.3 Å². The lowest BCUT2D eigenvalue weighted by Crippen LogP contribution is -2.15. The van der Waals surface area contributed by atoms with Gasteiger partial charge in [-0.1, -0.05) is 30.3 Å². The van der Waals surface area contributed by atoms with Crippen LogP contribution in [0.15, 0.2) is 66.2 Å². The highest BCUT2D eigenvalue weighted by molar-refractivity contribution is 7.15. The highest BCUT2D eigenvalue weighted by Gasteiger charge is 2.13. The molecule has 8 heteroatoms. The van der Waals surface area contributed by atoms with E-state index in [4.69, 9.17) is 0 Å². The average molecular weight is 378 g/mol. The summed E-state index contributed by atoms with van der Waals surface area (Å²) in [6.07, 6.45) is 2.11. The van der Waals surface area contributed by atoms with Crippen molar-refractivity contribution in [2.75, 3.05) is 5.32 Å². The van der Waals surface area contributed by atoms with Crippen molar-refractivity contribution in [2.45, 2.75) is 6.42 Å². The monoisotopic (exact) mass is 378 g/mol. The number of carbonyl (C=O) groups excluding carboxylic acids is 1. The van der Waals surface area contributed by atoms with E-state index >= 15 is 0 Å². The first kappa shape index (κ1) is 16.9. The highest BCUT2D eigenvalue weighted by Crippen LogP contribution is 2.24. The largest absolute Gasteiger partial charge is 0.326 e. The predicted molar refractivity (Wildman–Crippen MR) is 104 cm³/mol. The second-order valence-electron chi connectivity index (χ2n) is 5.90. The molecule has 4 rings (SSSR count). The van der Waals surface area contributed by atoms with E-state index in [0.29, 0.717) is 5.69 Å². The molecule has 0 fully saturated rings. The van der Waals surface area contributed by atoms with Crippen LogP contribution in [-0.4, -0.2) is 20.2 Å². The zero-order chi connectivity index (χ0) is 18.8. The molecule has 1 amide bonds. The number of nitro benzene ring substituents is 1. The number of hydrogen-bond acceptors (Lipinski definition) is 5. The van der Waals surface area contributed by atoms with E-state index < -0.39 is 4.92 Å². The highest BCUT2D eigenvalue weighted by atomic mass is 32.1. The number of non-ortho nitro benzene ring substituents is 1. The zero-order valence-electron chi connectivity index (χ0n) is 14.0. The summed E-state index contributed by atoms with van der Waals surface area (Å²) in [7, 11) is 0. The topological polar surface area (TPSA) is 89.5 Å². The van der Waals surface area contributed by atoms with Crippen molar-refractivity contribution in [2.24, 2.45) is 0 Å². The molecule has 0 aliphatic carbocycles. The van der Waals surface area contributed by atoms with Gasteiger partial charge in [0.05, 0.1) is 17.0 Å². The van der Waals surface area contributed by atoms with Crippen molar-refractivity contribution in [1.82, 2.24) is 9.38 Å². The van der Waals surface area contributed by atoms with Crippen LogP contribution in [0.3, 0.4) is 0 Å². The molecule has 0 spiro atoms. The third-order valence-electron chi connectivity index (χ3n) is 4.06. The minimum absolute atomic E-state index is 0.0144. The molecule has 0 radical (unpaired) electrons. The van der Waals surface area contributed by atoms with E-state index in [1.807, 2.05) is 46.3 Å². The van der Waals surface area contributed by atoms with Gasteiger partial charge >= 0.3 is 0 Å². The van der Waals surface area contributed by atoms with Crippen LogP contribution in [0.5, 0.6) is 0 Å². The standard InChI is InChI=1S/C19H14N4O3S/c24-18(20-14-6-8-15(9-7-14)23(25)26)10-16-12-27-19-21-17(11-22(16)19)13-4-2-1-3-5-13/h1-9,11-12H,10H2,(H,20,24). The Bertz CT molecular complexity index is 1120. The summed E-state index contributed by atoms with van der Waals surface area (Å²) in [5.74, 6) is -0.196. The average Bonchev–Trinajstić information content (AvgIpc) is 3.25. The lowest BCUT2D eigenvalue weighted by Gasteiger charge is -2.04. The number of carbonyl (C=O) groups is 1. The van der Waals surface area contributed by atoms with Crippen LogP contribution in [0.4, 0.5) is 11.4 Å². The molecular weight excluding hydrogens is 364 g/mol. The summed E-state index contributed by atoms with van der Waals surface area (Å²) in [6.45, 7) is 0. The third kappa shape index (κ3) is 3.56. The van der Waals surface area contributed by atoms with E-state index in [2.05, 4.69) is 10.3 Å². The molecule has 1 N–H and O–H groups in total. The van der Waals surface area contributed by atoms with Crippen molar-refractivity contribution in [3.05, 3.63) is 82.0 Å². The number of thiazole rings is 1. The molecular formula is C19H14N4O3S. The molecule has 0 atom stereocenters. The van der Waals surface area contributed by atoms with Gasteiger partial charge in [0.2, 0.25) is 5.91 Å². The second-order valence-corrected chi connectivity index (χ2v) is 6.74. The summed E-state index contributed by atoms with van der Waals surface area (Å²) in [5, 5.41) is 15.4. The van der Waals surface area contributed by atoms with E-state index in [-0.39, 0.29) is 18.0 Å². The number of hydrogen-bond donors (Lipinski definition) is 1. The van der Waals surface area contributed by atoms with Gasteiger partial charge in [0.25, 0.3) is 5.69 Å². The van der Waals surface area contributed by atoms with Crippen molar-refractivity contribution in [1.29, 1.82) is 0 Å². The van der Waals surface area contributed by atoms with Gasteiger partial charge in [-0.3, -0.25) is 19.3 Å². The Labute approximate surface area is 158 Å². The molecule has 0 unspecified atom stereocenters. The Balaban J connectivity index is 1.50. The Kier molecular flexibility index (Phi) is 4.39. The number of fused-ring (bicyclic) bond motifs is 1. The van der Waals surface area contributed by atoms with Gasteiger partial charge in [-0.2, -0.15) is 0 Å². The van der Waals surface area contributed by atoms with E-state index in [9.17, 15) is 14.9 Å². The van der Waals surface area contributed by atoms with Crippen LogP contribution in [0.1, 0.15) is 5.69 Å². The van der Waals surface area contributed by atoms with Gasteiger partial charge in [0.1, 0.15) is 0 Å². The van der Waals surface area contributed by atoms with Crippen LogP contribution < -0.4 is 5.32 Å². The van der Waals surface area contributed by atoms with Crippen molar-refractivity contribution >= 4 is 33.6 Å². The molecule has 2 aromatic carbocycles. The van der Waals surface area contributed by atoms with Crippen LogP contribution in [0, 0.1) is 10.1 Å². The first-order valence-corrected chi connectivity index (χ1v) is 9.03. The Hall–Kier alpha value is -3.52. The number of nitro groups is 1. The predicted octanol–water partition coefficient (Wildman–Crippen LogP) is 4.15. The van der Waals surface area contributed by atoms with Crippen LogP contribution in [0.25, 0.3) is 16.2 Å². The van der Waals surface area contributed by atoms with Gasteiger partial charge in [0.15, 0.2) is 4.96 Å². The fourth-order valence-electron chi connectivity index (χ4n) is 2.74. The van der Waals surface area contributed by atoms with Crippen molar-refractivity contribution in [3.63, 3.8) is 0 Å². The second kappa shape index (κ2) is 7.00. The molecule has 2 aromatic heterocycles. The van der Waals surface area contributed by atoms with Crippen molar-refractivity contribution < 1.29 is 9.72 Å². The lowest BCUT2D eigenvalue weighted by molar-refractivity contribution is -0.384. The molecule has 2 heterocycles. The number of amides is 1. The molecule has 0 saturated carbocycles. The third-order valence-corrected chi connectivity index (χ3v) is 4.95. The Morgan fingerprint density at radius 2 is 1.89 bits per heavy atom. The quantitative estimate of drug-likeness (QED) is 0.417. The van der Waals surface area contributed by atoms with Gasteiger partial charge in [-0.05, 0) is 12.1 Å². The summed E-state index contributed by atoms with van der Waals surface area (Å²) in [4.78, 5) is 28.0. The fourth-order valence-corrected chi connectivity index (χ4v) is 3.61. The van der Waals surface area contributed by atoms with Gasteiger partial charge < -0.3 is 5.32 Å². The molecule has 0 saturated heterocycles.